The lowest BCUT2D eigenvalue weighted by molar-refractivity contribution is 0.0687. The normalized spacial score (nSPS) is 12.0. The van der Waals surface area contributed by atoms with Crippen LogP contribution in [0.5, 0.6) is 0 Å². The van der Waals surface area contributed by atoms with Crippen LogP contribution in [0.2, 0.25) is 0 Å². The van der Waals surface area contributed by atoms with Gasteiger partial charge in [-0.05, 0) is 20.8 Å². The number of rotatable bonds is 3. The van der Waals surface area contributed by atoms with Crippen LogP contribution in [0, 0.1) is 6.92 Å². The maximum atomic E-state index is 9.88. The van der Waals surface area contributed by atoms with Gasteiger partial charge in [0, 0.05) is 24.2 Å². The Morgan fingerprint density at radius 2 is 1.82 bits per heavy atom. The Kier molecular flexibility index (Phi) is 3.38. The molecule has 22 heavy (non-hydrogen) atoms. The molecule has 7 heteroatoms. The number of aliphatic hydroxyl groups is 2. The summed E-state index contributed by atoms with van der Waals surface area (Å²) >= 11 is 0. The molecule has 0 unspecified atom stereocenters. The third kappa shape index (κ3) is 2.44. The van der Waals surface area contributed by atoms with Crippen molar-refractivity contribution >= 4 is 5.65 Å². The van der Waals surface area contributed by atoms with E-state index in [1.807, 2.05) is 11.3 Å². The lowest BCUT2D eigenvalue weighted by Gasteiger charge is -2.14. The molecule has 0 aliphatic heterocycles. The molecule has 114 valence electrons. The molecule has 0 aromatic carbocycles. The molecular formula is C15H17N5O2. The van der Waals surface area contributed by atoms with Crippen LogP contribution >= 0.6 is 0 Å². The van der Waals surface area contributed by atoms with Crippen LogP contribution in [-0.4, -0.2) is 34.5 Å². The van der Waals surface area contributed by atoms with Gasteiger partial charge >= 0.3 is 0 Å². The predicted molar refractivity (Wildman–Crippen MR) is 79.9 cm³/mol. The minimum atomic E-state index is -1.08. The molecule has 3 aromatic rings. The van der Waals surface area contributed by atoms with Crippen molar-refractivity contribution < 1.29 is 10.2 Å². The van der Waals surface area contributed by atoms with E-state index in [0.29, 0.717) is 17.2 Å². The zero-order valence-electron chi connectivity index (χ0n) is 12.6. The summed E-state index contributed by atoms with van der Waals surface area (Å²) in [6, 6.07) is 0. The first-order valence-electron chi connectivity index (χ1n) is 6.90. The van der Waals surface area contributed by atoms with Crippen molar-refractivity contribution in [1.29, 1.82) is 0 Å². The van der Waals surface area contributed by atoms with Gasteiger partial charge in [0.25, 0.3) is 0 Å². The van der Waals surface area contributed by atoms with Crippen molar-refractivity contribution in [3.05, 3.63) is 42.0 Å². The van der Waals surface area contributed by atoms with E-state index >= 15 is 0 Å². The van der Waals surface area contributed by atoms with Crippen LogP contribution in [0.15, 0.2) is 24.8 Å². The molecule has 7 nitrogen and oxygen atoms in total. The summed E-state index contributed by atoms with van der Waals surface area (Å²) in [6.45, 7) is 5.02. The average Bonchev–Trinajstić information content (AvgIpc) is 2.80. The Morgan fingerprint density at radius 1 is 1.14 bits per heavy atom. The van der Waals surface area contributed by atoms with Gasteiger partial charge < -0.3 is 10.2 Å². The molecule has 0 amide bonds. The number of nitrogens with zero attached hydrogens (tertiary/aromatic N) is 5. The molecular weight excluding hydrogens is 282 g/mol. The smallest absolute Gasteiger partial charge is 0.159 e. The van der Waals surface area contributed by atoms with E-state index in [2.05, 4.69) is 19.9 Å². The highest BCUT2D eigenvalue weighted by atomic mass is 16.3. The zero-order valence-corrected chi connectivity index (χ0v) is 12.6. The zero-order chi connectivity index (χ0) is 15.9. The molecule has 0 radical (unpaired) electrons. The van der Waals surface area contributed by atoms with E-state index < -0.39 is 5.60 Å². The van der Waals surface area contributed by atoms with Crippen LogP contribution in [-0.2, 0) is 12.2 Å². The van der Waals surface area contributed by atoms with Gasteiger partial charge in [-0.25, -0.2) is 15.0 Å². The summed E-state index contributed by atoms with van der Waals surface area (Å²) in [7, 11) is 0. The minimum absolute atomic E-state index is 0.0927. The van der Waals surface area contributed by atoms with E-state index in [1.165, 1.54) is 0 Å². The molecule has 3 rings (SSSR count). The van der Waals surface area contributed by atoms with Crippen molar-refractivity contribution in [1.82, 2.24) is 24.3 Å². The van der Waals surface area contributed by atoms with Crippen molar-refractivity contribution in [2.75, 3.05) is 0 Å². The van der Waals surface area contributed by atoms with Gasteiger partial charge in [-0.2, -0.15) is 0 Å². The van der Waals surface area contributed by atoms with Crippen LogP contribution in [0.3, 0.4) is 0 Å². The lowest BCUT2D eigenvalue weighted by atomic mass is 10.1. The number of fused-ring (bicyclic) bond motifs is 1. The first kappa shape index (κ1) is 14.6. The van der Waals surface area contributed by atoms with E-state index in [-0.39, 0.29) is 6.61 Å². The number of hydrogen-bond acceptors (Lipinski definition) is 6. The Bertz CT molecular complexity index is 818. The number of imidazole rings is 1. The summed E-state index contributed by atoms with van der Waals surface area (Å²) < 4.78 is 1.81. The topological polar surface area (TPSA) is 96.4 Å². The fourth-order valence-electron chi connectivity index (χ4n) is 2.24. The van der Waals surface area contributed by atoms with E-state index in [4.69, 9.17) is 0 Å². The number of aliphatic hydroxyl groups excluding tert-OH is 1. The molecule has 0 saturated carbocycles. The van der Waals surface area contributed by atoms with Gasteiger partial charge in [0.1, 0.15) is 5.60 Å². The van der Waals surface area contributed by atoms with E-state index in [0.717, 1.165) is 17.0 Å². The highest BCUT2D eigenvalue weighted by Crippen LogP contribution is 2.20. The summed E-state index contributed by atoms with van der Waals surface area (Å²) in [5.74, 6) is 0.354. The molecule has 0 atom stereocenters. The fraction of sp³-hybridized carbons (Fsp3) is 0.333. The van der Waals surface area contributed by atoms with Crippen LogP contribution in [0.25, 0.3) is 16.9 Å². The molecule has 3 heterocycles. The molecule has 0 bridgehead atoms. The highest BCUT2D eigenvalue weighted by molar-refractivity contribution is 5.58. The third-order valence-electron chi connectivity index (χ3n) is 3.45. The van der Waals surface area contributed by atoms with Crippen LogP contribution < -0.4 is 0 Å². The standard InChI is InChI=1S/C15H17N5O2/c1-9-12(8-21)20-7-11(16-6-13(20)19-9)10-4-17-14(18-5-10)15(2,3)22/h4-7,21-22H,8H2,1-3H3. The van der Waals surface area contributed by atoms with Crippen molar-refractivity contribution in [3.8, 4) is 11.3 Å². The van der Waals surface area contributed by atoms with Gasteiger partial charge in [0.05, 0.1) is 29.9 Å². The molecule has 0 aliphatic carbocycles. The highest BCUT2D eigenvalue weighted by Gasteiger charge is 2.19. The minimum Gasteiger partial charge on any atom is -0.390 e. The first-order chi connectivity index (χ1) is 10.4. The molecule has 0 spiro atoms. The van der Waals surface area contributed by atoms with Crippen LogP contribution in [0.1, 0.15) is 31.1 Å². The lowest BCUT2D eigenvalue weighted by Crippen LogP contribution is -2.19. The Balaban J connectivity index is 2.06. The molecule has 0 saturated heterocycles. The second-order valence-corrected chi connectivity index (χ2v) is 5.66. The summed E-state index contributed by atoms with van der Waals surface area (Å²) in [6.07, 6.45) is 6.68. The van der Waals surface area contributed by atoms with Gasteiger partial charge in [-0.15, -0.1) is 0 Å². The fourth-order valence-corrected chi connectivity index (χ4v) is 2.24. The van der Waals surface area contributed by atoms with Crippen LogP contribution in [0.4, 0.5) is 0 Å². The largest absolute Gasteiger partial charge is 0.390 e. The Morgan fingerprint density at radius 3 is 2.41 bits per heavy atom. The third-order valence-corrected chi connectivity index (χ3v) is 3.45. The summed E-state index contributed by atoms with van der Waals surface area (Å²) in [5.41, 5.74) is 2.50. The number of hydrogen-bond donors (Lipinski definition) is 2. The van der Waals surface area contributed by atoms with Crippen molar-refractivity contribution in [2.24, 2.45) is 0 Å². The number of aromatic nitrogens is 5. The average molecular weight is 299 g/mol. The predicted octanol–water partition coefficient (Wildman–Crippen LogP) is 1.21. The molecule has 0 aliphatic rings. The van der Waals surface area contributed by atoms with Gasteiger partial charge in [0.15, 0.2) is 11.5 Å². The maximum Gasteiger partial charge on any atom is 0.159 e. The first-order valence-corrected chi connectivity index (χ1v) is 6.90. The van der Waals surface area contributed by atoms with Crippen molar-refractivity contribution in [3.63, 3.8) is 0 Å². The molecule has 3 aromatic heterocycles. The van der Waals surface area contributed by atoms with Gasteiger partial charge in [-0.1, -0.05) is 0 Å². The number of aryl methyl sites for hydroxylation is 1. The quantitative estimate of drug-likeness (QED) is 0.754. The van der Waals surface area contributed by atoms with E-state index in [9.17, 15) is 10.2 Å². The van der Waals surface area contributed by atoms with E-state index in [1.54, 1.807) is 38.6 Å². The monoisotopic (exact) mass is 299 g/mol. The van der Waals surface area contributed by atoms with Gasteiger partial charge in [0.2, 0.25) is 0 Å². The maximum absolute atomic E-state index is 9.88. The van der Waals surface area contributed by atoms with Gasteiger partial charge in [-0.3, -0.25) is 9.38 Å². The summed E-state index contributed by atoms with van der Waals surface area (Å²) in [4.78, 5) is 17.0. The Labute approximate surface area is 127 Å². The molecule has 2 N–H and O–H groups in total. The Hall–Kier alpha value is -2.38. The SMILES string of the molecule is Cc1nc2cnc(-c3cnc(C(C)(C)O)nc3)cn2c1CO. The summed E-state index contributed by atoms with van der Waals surface area (Å²) in [5, 5.41) is 19.3. The molecule has 0 fully saturated rings. The van der Waals surface area contributed by atoms with Crippen molar-refractivity contribution in [2.45, 2.75) is 33.0 Å². The second kappa shape index (κ2) is 5.11. The second-order valence-electron chi connectivity index (χ2n) is 5.66.